The fourth-order valence-corrected chi connectivity index (χ4v) is 2.89. The largest absolute Gasteiger partial charge is 0.386 e. The summed E-state index contributed by atoms with van der Waals surface area (Å²) in [4.78, 5) is 0. The van der Waals surface area contributed by atoms with Crippen LogP contribution in [0.3, 0.4) is 0 Å². The van der Waals surface area contributed by atoms with Crippen molar-refractivity contribution in [1.82, 2.24) is 9.78 Å². The van der Waals surface area contributed by atoms with Gasteiger partial charge in [0.15, 0.2) is 0 Å². The molecule has 0 bridgehead atoms. The Bertz CT molecular complexity index is 409. The van der Waals surface area contributed by atoms with Gasteiger partial charge in [-0.05, 0) is 40.2 Å². The third-order valence-corrected chi connectivity index (χ3v) is 3.56. The van der Waals surface area contributed by atoms with E-state index in [4.69, 9.17) is 4.74 Å². The number of nitrogens with zero attached hydrogens (tertiary/aromatic N) is 2. The summed E-state index contributed by atoms with van der Waals surface area (Å²) in [5, 5.41) is 14.7. The Morgan fingerprint density at radius 3 is 2.53 bits per heavy atom. The number of hydrogen-bond acceptors (Lipinski definition) is 3. The molecular formula is C13H22N2O2. The minimum Gasteiger partial charge on any atom is -0.386 e. The first-order valence-corrected chi connectivity index (χ1v) is 6.09. The number of hydrogen-bond donors (Lipinski definition) is 1. The smallest absolute Gasteiger partial charge is 0.103 e. The minimum atomic E-state index is -0.562. The molecule has 2 rings (SSSR count). The molecule has 1 N–H and O–H groups in total. The normalized spacial score (nSPS) is 28.2. The molecular weight excluding hydrogens is 216 g/mol. The second-order valence-electron chi connectivity index (χ2n) is 6.13. The first-order valence-electron chi connectivity index (χ1n) is 6.09. The van der Waals surface area contributed by atoms with Crippen LogP contribution in [0.1, 0.15) is 45.9 Å². The number of aromatic nitrogens is 2. The van der Waals surface area contributed by atoms with Crippen molar-refractivity contribution in [2.45, 2.75) is 51.4 Å². The van der Waals surface area contributed by atoms with Gasteiger partial charge >= 0.3 is 0 Å². The van der Waals surface area contributed by atoms with Crippen LogP contribution in [0.15, 0.2) is 12.3 Å². The summed E-state index contributed by atoms with van der Waals surface area (Å²) in [5.41, 5.74) is 0.233. The average molecular weight is 238 g/mol. The monoisotopic (exact) mass is 238 g/mol. The molecule has 1 aromatic heterocycles. The maximum absolute atomic E-state index is 10.4. The van der Waals surface area contributed by atoms with Gasteiger partial charge in [0.1, 0.15) is 6.10 Å². The minimum absolute atomic E-state index is 0.0763. The van der Waals surface area contributed by atoms with Crippen LogP contribution in [-0.2, 0) is 11.8 Å². The molecule has 1 aromatic rings. The first-order chi connectivity index (χ1) is 7.71. The average Bonchev–Trinajstić information content (AvgIpc) is 2.66. The second kappa shape index (κ2) is 3.82. The van der Waals surface area contributed by atoms with Crippen molar-refractivity contribution in [2.24, 2.45) is 13.0 Å². The molecule has 2 atom stereocenters. The highest BCUT2D eigenvalue weighted by atomic mass is 16.5. The lowest BCUT2D eigenvalue weighted by molar-refractivity contribution is -0.0884. The second-order valence-corrected chi connectivity index (χ2v) is 6.13. The van der Waals surface area contributed by atoms with Gasteiger partial charge in [-0.3, -0.25) is 4.68 Å². The Labute approximate surface area is 103 Å². The highest BCUT2D eigenvalue weighted by Crippen LogP contribution is 2.47. The third kappa shape index (κ3) is 2.38. The maximum Gasteiger partial charge on any atom is 0.103 e. The lowest BCUT2D eigenvalue weighted by Gasteiger charge is -2.29. The molecule has 1 aliphatic heterocycles. The highest BCUT2D eigenvalue weighted by Gasteiger charge is 2.49. The van der Waals surface area contributed by atoms with Gasteiger partial charge in [-0.1, -0.05) is 0 Å². The van der Waals surface area contributed by atoms with Gasteiger partial charge in [0.05, 0.1) is 16.9 Å². The van der Waals surface area contributed by atoms with E-state index in [9.17, 15) is 5.11 Å². The number of aryl methyl sites for hydroxylation is 1. The zero-order valence-electron chi connectivity index (χ0n) is 11.3. The molecule has 4 nitrogen and oxygen atoms in total. The maximum atomic E-state index is 10.4. The van der Waals surface area contributed by atoms with Gasteiger partial charge < -0.3 is 9.84 Å². The van der Waals surface area contributed by atoms with E-state index in [0.29, 0.717) is 0 Å². The number of aliphatic hydroxyl groups is 1. The van der Waals surface area contributed by atoms with Crippen molar-refractivity contribution in [3.05, 3.63) is 18.0 Å². The standard InChI is InChI=1S/C13H22N2O2/c1-12(2)8-9(13(3,4)17-12)11(16)10-6-7-15(5)14-10/h6-7,9,11,16H,8H2,1-5H3. The van der Waals surface area contributed by atoms with Gasteiger partial charge in [0.25, 0.3) is 0 Å². The van der Waals surface area contributed by atoms with Crippen molar-refractivity contribution in [3.63, 3.8) is 0 Å². The lowest BCUT2D eigenvalue weighted by Crippen LogP contribution is -2.32. The molecule has 96 valence electrons. The number of ether oxygens (including phenoxy) is 1. The van der Waals surface area contributed by atoms with E-state index >= 15 is 0 Å². The van der Waals surface area contributed by atoms with Crippen molar-refractivity contribution in [2.75, 3.05) is 0 Å². The van der Waals surface area contributed by atoms with Crippen molar-refractivity contribution in [3.8, 4) is 0 Å². The van der Waals surface area contributed by atoms with Gasteiger partial charge in [0, 0.05) is 19.2 Å². The SMILES string of the molecule is Cn1ccc(C(O)C2CC(C)(C)OC2(C)C)n1. The van der Waals surface area contributed by atoms with Gasteiger partial charge in [-0.25, -0.2) is 0 Å². The van der Waals surface area contributed by atoms with Gasteiger partial charge in [-0.2, -0.15) is 5.10 Å². The predicted molar refractivity (Wildman–Crippen MR) is 65.5 cm³/mol. The topological polar surface area (TPSA) is 47.3 Å². The molecule has 1 saturated heterocycles. The molecule has 1 fully saturated rings. The molecule has 2 unspecified atom stereocenters. The zero-order chi connectivity index (χ0) is 12.8. The Balaban J connectivity index is 2.23. The molecule has 1 aliphatic rings. The lowest BCUT2D eigenvalue weighted by atomic mass is 9.82. The predicted octanol–water partition coefficient (Wildman–Crippen LogP) is 2.05. The number of rotatable bonds is 2. The van der Waals surface area contributed by atoms with Crippen molar-refractivity contribution in [1.29, 1.82) is 0 Å². The Hall–Kier alpha value is -0.870. The van der Waals surface area contributed by atoms with E-state index in [1.807, 2.05) is 33.2 Å². The third-order valence-electron chi connectivity index (χ3n) is 3.56. The van der Waals surface area contributed by atoms with E-state index in [0.717, 1.165) is 12.1 Å². The summed E-state index contributed by atoms with van der Waals surface area (Å²) in [5.74, 6) is 0.0763. The van der Waals surface area contributed by atoms with E-state index in [1.54, 1.807) is 4.68 Å². The fourth-order valence-electron chi connectivity index (χ4n) is 2.89. The van der Waals surface area contributed by atoms with Crippen LogP contribution < -0.4 is 0 Å². The molecule has 2 heterocycles. The first kappa shape index (κ1) is 12.6. The fraction of sp³-hybridized carbons (Fsp3) is 0.769. The molecule has 0 aromatic carbocycles. The molecule has 17 heavy (non-hydrogen) atoms. The van der Waals surface area contributed by atoms with Crippen molar-refractivity contribution >= 4 is 0 Å². The van der Waals surface area contributed by atoms with Crippen LogP contribution in [0.4, 0.5) is 0 Å². The van der Waals surface area contributed by atoms with Crippen molar-refractivity contribution < 1.29 is 9.84 Å². The Morgan fingerprint density at radius 2 is 2.12 bits per heavy atom. The molecule has 0 amide bonds. The summed E-state index contributed by atoms with van der Waals surface area (Å²) < 4.78 is 7.72. The van der Waals surface area contributed by atoms with E-state index in [2.05, 4.69) is 18.9 Å². The summed E-state index contributed by atoms with van der Waals surface area (Å²) in [6, 6.07) is 1.87. The Kier molecular flexibility index (Phi) is 2.83. The quantitative estimate of drug-likeness (QED) is 0.857. The van der Waals surface area contributed by atoms with Crippen LogP contribution in [0.2, 0.25) is 0 Å². The Morgan fingerprint density at radius 1 is 1.47 bits per heavy atom. The molecule has 4 heteroatoms. The van der Waals surface area contributed by atoms with Crippen LogP contribution in [0.5, 0.6) is 0 Å². The van der Waals surface area contributed by atoms with E-state index in [-0.39, 0.29) is 17.1 Å². The summed E-state index contributed by atoms with van der Waals surface area (Å²) in [6.07, 6.45) is 2.14. The summed E-state index contributed by atoms with van der Waals surface area (Å²) >= 11 is 0. The number of aliphatic hydroxyl groups excluding tert-OH is 1. The summed E-state index contributed by atoms with van der Waals surface area (Å²) in [6.45, 7) is 8.22. The van der Waals surface area contributed by atoms with Crippen LogP contribution in [-0.4, -0.2) is 26.1 Å². The molecule has 0 aliphatic carbocycles. The molecule has 0 saturated carbocycles. The zero-order valence-corrected chi connectivity index (χ0v) is 11.3. The summed E-state index contributed by atoms with van der Waals surface area (Å²) in [7, 11) is 1.86. The highest BCUT2D eigenvalue weighted by molar-refractivity contribution is 5.09. The molecule has 0 radical (unpaired) electrons. The van der Waals surface area contributed by atoms with E-state index in [1.165, 1.54) is 0 Å². The van der Waals surface area contributed by atoms with Crippen LogP contribution in [0, 0.1) is 5.92 Å². The van der Waals surface area contributed by atoms with Crippen LogP contribution >= 0.6 is 0 Å². The van der Waals surface area contributed by atoms with Crippen LogP contribution in [0.25, 0.3) is 0 Å². The molecule has 0 spiro atoms. The van der Waals surface area contributed by atoms with E-state index < -0.39 is 6.10 Å². The van der Waals surface area contributed by atoms with Gasteiger partial charge in [-0.15, -0.1) is 0 Å². The van der Waals surface area contributed by atoms with Gasteiger partial charge in [0.2, 0.25) is 0 Å².